The molecule has 0 aliphatic heterocycles. The van der Waals surface area contributed by atoms with E-state index in [4.69, 9.17) is 56.8 Å². The Morgan fingerprint density at radius 2 is 0.231 bits per heavy atom. The van der Waals surface area contributed by atoms with E-state index in [2.05, 4.69) is 78.9 Å². The molecule has 0 aliphatic rings. The topological polar surface area (TPSA) is 408 Å². The third-order valence-corrected chi connectivity index (χ3v) is 16.3. The average molecular weight is 1730 g/mol. The first-order valence-corrected chi connectivity index (χ1v) is 38.7. The molecule has 0 amide bonds. The van der Waals surface area contributed by atoms with Gasteiger partial charge in [-0.05, 0) is 160 Å². The van der Waals surface area contributed by atoms with Gasteiger partial charge in [-0.1, -0.05) is 156 Å². The summed E-state index contributed by atoms with van der Waals surface area (Å²) in [5.74, 6) is -5.83. The van der Waals surface area contributed by atoms with Crippen molar-refractivity contribution in [2.24, 2.45) is 0 Å². The normalized spacial score (nSPS) is 10.7. The molecule has 29 heteroatoms. The Kier molecular flexibility index (Phi) is 66.1. The van der Waals surface area contributed by atoms with Crippen LogP contribution in [0.3, 0.4) is 0 Å². The number of carbonyl (C=O) groups is 12. The zero-order valence-corrected chi connectivity index (χ0v) is 74.3. The second-order valence-electron chi connectivity index (χ2n) is 29.0. The molecular formula is C88H132O28Zr. The van der Waals surface area contributed by atoms with Gasteiger partial charge in [-0.15, -0.1) is 22.4 Å². The van der Waals surface area contributed by atoms with Gasteiger partial charge >= 0.3 is 97.8 Å². The summed E-state index contributed by atoms with van der Waals surface area (Å²) in [5.41, 5.74) is -1.58. The number of hydrogen-bond donors (Lipinski definition) is 0. The second-order valence-corrected chi connectivity index (χ2v) is 29.0. The fourth-order valence-corrected chi connectivity index (χ4v) is 9.69. The number of hydrogen-bond acceptors (Lipinski definition) is 28. The van der Waals surface area contributed by atoms with Gasteiger partial charge in [0.05, 0.1) is 79.3 Å². The molecule has 0 aromatic carbocycles. The van der Waals surface area contributed by atoms with E-state index in [0.717, 1.165) is 0 Å². The first-order chi connectivity index (χ1) is 53.9. The van der Waals surface area contributed by atoms with E-state index < -0.39 is 94.0 Å². The Balaban J connectivity index is -0.000000475. The summed E-state index contributed by atoms with van der Waals surface area (Å²) in [6.45, 7) is 62.3. The molecule has 0 aromatic heterocycles. The molecule has 656 valence electrons. The van der Waals surface area contributed by atoms with Crippen LogP contribution in [-0.4, -0.2) is 173 Å². The number of esters is 12. The molecule has 0 bridgehead atoms. The summed E-state index contributed by atoms with van der Waals surface area (Å²) in [6.07, 6.45) is 8.15. The largest absolute Gasteiger partial charge is 4.00 e. The van der Waals surface area contributed by atoms with Crippen LogP contribution in [0.2, 0.25) is 0 Å². The van der Waals surface area contributed by atoms with Gasteiger partial charge in [0.15, 0.2) is 0 Å². The molecule has 0 radical (unpaired) electrons. The molecule has 0 unspecified atom stereocenters. The molecule has 28 nitrogen and oxygen atoms in total. The fourth-order valence-electron chi connectivity index (χ4n) is 9.69. The van der Waals surface area contributed by atoms with E-state index in [1.165, 1.54) is 0 Å². The van der Waals surface area contributed by atoms with Crippen molar-refractivity contribution in [1.82, 2.24) is 0 Å². The third-order valence-electron chi connectivity index (χ3n) is 16.3. The maximum absolute atomic E-state index is 13.2. The minimum atomic E-state index is -1.30. The van der Waals surface area contributed by atoms with Crippen molar-refractivity contribution in [3.8, 4) is 0 Å². The van der Waals surface area contributed by atoms with Crippen LogP contribution in [0.15, 0.2) is 146 Å². The van der Waals surface area contributed by atoms with Crippen LogP contribution in [0.25, 0.3) is 0 Å². The van der Waals surface area contributed by atoms with Gasteiger partial charge in [-0.3, -0.25) is 0 Å². The van der Waals surface area contributed by atoms with Crippen LogP contribution in [0.1, 0.15) is 237 Å². The Hall–Kier alpha value is -8.76. The molecule has 0 heterocycles. The Morgan fingerprint density at radius 1 is 0.171 bits per heavy atom. The van der Waals surface area contributed by atoms with Gasteiger partial charge in [0.1, 0.15) is 0 Å². The molecule has 0 atom stereocenters. The Morgan fingerprint density at radius 3 is 0.282 bits per heavy atom. The van der Waals surface area contributed by atoms with Gasteiger partial charge in [0.2, 0.25) is 0 Å². The van der Waals surface area contributed by atoms with Gasteiger partial charge in [0, 0.05) is 66.9 Å². The van der Waals surface area contributed by atoms with E-state index in [1.807, 2.05) is 0 Å². The zero-order valence-electron chi connectivity index (χ0n) is 71.9. The second kappa shape index (κ2) is 66.2. The standard InChI is InChI=1S/4C22H33O7.Zr/c4*1-16(2)19(23)27-13-7-10-22(26,11-8-14-28-20(24)17(3)4)12-9-15-29-21(25)18(5)6;/h4*1,3,5,7-15H2,2,4,6H3;/q4*-1;+4. The van der Waals surface area contributed by atoms with Crippen molar-refractivity contribution in [3.63, 3.8) is 0 Å². The molecular weight excluding hydrogens is 1600 g/mol. The number of carbonyl (C=O) groups excluding carboxylic acids is 12. The summed E-state index contributed by atoms with van der Waals surface area (Å²) in [4.78, 5) is 137. The van der Waals surface area contributed by atoms with Gasteiger partial charge in [0.25, 0.3) is 0 Å². The van der Waals surface area contributed by atoms with Crippen LogP contribution in [-0.2, 0) is 141 Å². The summed E-state index contributed by atoms with van der Waals surface area (Å²) < 4.78 is 60.4. The van der Waals surface area contributed by atoms with Crippen LogP contribution in [0.4, 0.5) is 0 Å². The maximum atomic E-state index is 13.2. The molecule has 0 saturated carbocycles. The van der Waals surface area contributed by atoms with Crippen LogP contribution in [0.5, 0.6) is 0 Å². The van der Waals surface area contributed by atoms with Crippen molar-refractivity contribution in [2.45, 2.75) is 260 Å². The molecule has 0 saturated heterocycles. The quantitative estimate of drug-likeness (QED) is 0.0236. The summed E-state index contributed by atoms with van der Waals surface area (Å²) >= 11 is 0. The minimum absolute atomic E-state index is 0. The molecule has 0 aromatic rings. The van der Waals surface area contributed by atoms with Crippen LogP contribution < -0.4 is 20.4 Å². The van der Waals surface area contributed by atoms with E-state index in [1.54, 1.807) is 83.1 Å². The molecule has 0 rings (SSSR count). The summed E-state index contributed by atoms with van der Waals surface area (Å²) in [5, 5.41) is 52.7. The van der Waals surface area contributed by atoms with E-state index >= 15 is 0 Å². The van der Waals surface area contributed by atoms with Crippen LogP contribution >= 0.6 is 0 Å². The Bertz CT molecular complexity index is 2580. The van der Waals surface area contributed by atoms with E-state index in [9.17, 15) is 78.0 Å². The Labute approximate surface area is 713 Å². The molecule has 0 N–H and O–H groups in total. The van der Waals surface area contributed by atoms with Crippen molar-refractivity contribution in [2.75, 3.05) is 79.3 Å². The summed E-state index contributed by atoms with van der Waals surface area (Å²) in [6, 6.07) is 0. The number of rotatable bonds is 60. The first-order valence-electron chi connectivity index (χ1n) is 38.7. The SMILES string of the molecule is C=C(C)C(=O)OCCCC([O-])(CCCOC(=O)C(=C)C)CCCOC(=O)C(=C)C.C=C(C)C(=O)OCCCC([O-])(CCCOC(=O)C(=C)C)CCCOC(=O)C(=C)C.C=C(C)C(=O)OCCCC([O-])(CCCOC(=O)C(=C)C)CCCOC(=O)C(=C)C.C=C(C)C(=O)OCCCC([O-])(CCCOC(=O)C(=C)C)CCCOC(=O)C(=C)C.[Zr+4]. The first kappa shape index (κ1) is 117. The molecule has 117 heavy (non-hydrogen) atoms. The van der Waals surface area contributed by atoms with Crippen molar-refractivity contribution in [1.29, 1.82) is 0 Å². The fraction of sp³-hybridized carbons (Fsp3) is 0.591. The van der Waals surface area contributed by atoms with Crippen molar-refractivity contribution in [3.05, 3.63) is 146 Å². The van der Waals surface area contributed by atoms with E-state index in [-0.39, 0.29) is 183 Å². The van der Waals surface area contributed by atoms with Gasteiger partial charge < -0.3 is 77.3 Å². The summed E-state index contributed by atoms with van der Waals surface area (Å²) in [7, 11) is 0. The minimum Gasteiger partial charge on any atom is -0.849 e. The number of ether oxygens (including phenoxy) is 12. The smallest absolute Gasteiger partial charge is 0.849 e. The monoisotopic (exact) mass is 1730 g/mol. The zero-order chi connectivity index (χ0) is 89.8. The van der Waals surface area contributed by atoms with Crippen LogP contribution in [0, 0.1) is 0 Å². The molecule has 0 aliphatic carbocycles. The van der Waals surface area contributed by atoms with E-state index in [0.29, 0.717) is 144 Å². The average Bonchev–Trinajstić information content (AvgIpc) is 0.908. The van der Waals surface area contributed by atoms with Crippen molar-refractivity contribution >= 4 is 71.6 Å². The third kappa shape index (κ3) is 64.9. The molecule has 0 spiro atoms. The predicted octanol–water partition coefficient (Wildman–Crippen LogP) is 11.1. The predicted molar refractivity (Wildman–Crippen MR) is 431 cm³/mol. The van der Waals surface area contributed by atoms with Gasteiger partial charge in [-0.25, -0.2) is 57.5 Å². The van der Waals surface area contributed by atoms with Gasteiger partial charge in [-0.2, -0.15) is 0 Å². The van der Waals surface area contributed by atoms with Crippen molar-refractivity contribution < 1.29 is 161 Å². The maximum Gasteiger partial charge on any atom is 4.00 e. The molecule has 0 fully saturated rings.